The number of rotatable bonds is 0. The normalized spacial score (nSPS) is 23.3. The maximum atomic E-state index is 5.62. The summed E-state index contributed by atoms with van der Waals surface area (Å²) in [4.78, 5) is 5.40. The van der Waals surface area contributed by atoms with Gasteiger partial charge in [-0.25, -0.2) is 0 Å². The van der Waals surface area contributed by atoms with Crippen LogP contribution in [-0.2, 0) is 0 Å². The molecule has 0 bridgehead atoms. The molecule has 0 aromatic rings. The molecule has 0 aromatic carbocycles. The molecular formula is C8H10Cl2N2S. The van der Waals surface area contributed by atoms with E-state index >= 15 is 0 Å². The van der Waals surface area contributed by atoms with Gasteiger partial charge in [0.2, 0.25) is 0 Å². The first kappa shape index (κ1) is 12.8. The number of allylic oxidation sites excluding steroid dienone is 6. The zero-order chi connectivity index (χ0) is 7.68. The van der Waals surface area contributed by atoms with Gasteiger partial charge in [0.1, 0.15) is 5.50 Å². The molecule has 1 atom stereocenters. The summed E-state index contributed by atoms with van der Waals surface area (Å²) in [6.07, 6.45) is 9.98. The maximum Gasteiger partial charge on any atom is 0.149 e. The van der Waals surface area contributed by atoms with E-state index in [1.807, 2.05) is 30.4 Å². The quantitative estimate of drug-likeness (QED) is 0.701. The van der Waals surface area contributed by atoms with Gasteiger partial charge >= 0.3 is 0 Å². The summed E-state index contributed by atoms with van der Waals surface area (Å²) in [5.74, 6) is 0. The van der Waals surface area contributed by atoms with Crippen LogP contribution in [0.4, 0.5) is 0 Å². The van der Waals surface area contributed by atoms with Gasteiger partial charge in [-0.1, -0.05) is 30.0 Å². The van der Waals surface area contributed by atoms with Crippen LogP contribution in [0.5, 0.6) is 0 Å². The van der Waals surface area contributed by atoms with E-state index < -0.39 is 0 Å². The second kappa shape index (κ2) is 5.50. The van der Waals surface area contributed by atoms with Crippen LogP contribution in [0.25, 0.3) is 0 Å². The van der Waals surface area contributed by atoms with Crippen LogP contribution in [-0.4, -0.2) is 11.2 Å². The average molecular weight is 237 g/mol. The number of fused-ring (bicyclic) bond motifs is 1. The van der Waals surface area contributed by atoms with Crippen molar-refractivity contribution in [2.24, 2.45) is 10.7 Å². The molecule has 72 valence electrons. The van der Waals surface area contributed by atoms with E-state index in [-0.39, 0.29) is 30.3 Å². The minimum Gasteiger partial charge on any atom is -0.301 e. The molecule has 1 aliphatic carbocycles. The Morgan fingerprint density at radius 2 is 2.00 bits per heavy atom. The highest BCUT2D eigenvalue weighted by atomic mass is 35.5. The molecule has 2 N–H and O–H groups in total. The lowest BCUT2D eigenvalue weighted by molar-refractivity contribution is 1.01. The highest BCUT2D eigenvalue weighted by molar-refractivity contribution is 8.05. The Bertz CT molecular complexity index is 295. The minimum atomic E-state index is -0.104. The fraction of sp³-hybridized carbons (Fsp3) is 0.125. The van der Waals surface area contributed by atoms with Gasteiger partial charge in [0.25, 0.3) is 0 Å². The number of hydrogen-bond donors (Lipinski definition) is 1. The molecule has 13 heavy (non-hydrogen) atoms. The second-order valence-electron chi connectivity index (χ2n) is 2.30. The number of nitrogens with two attached hydrogens (primary N) is 1. The van der Waals surface area contributed by atoms with Crippen LogP contribution < -0.4 is 5.73 Å². The Morgan fingerprint density at radius 3 is 2.77 bits per heavy atom. The molecule has 0 fully saturated rings. The van der Waals surface area contributed by atoms with E-state index in [0.717, 1.165) is 5.71 Å². The van der Waals surface area contributed by atoms with E-state index in [4.69, 9.17) is 5.73 Å². The predicted molar refractivity (Wildman–Crippen MR) is 63.9 cm³/mol. The largest absolute Gasteiger partial charge is 0.301 e. The highest BCUT2D eigenvalue weighted by Crippen LogP contribution is 2.29. The van der Waals surface area contributed by atoms with Crippen LogP contribution in [0.3, 0.4) is 0 Å². The Balaban J connectivity index is 0.000000720. The lowest BCUT2D eigenvalue weighted by atomic mass is 10.3. The molecule has 1 unspecified atom stereocenters. The van der Waals surface area contributed by atoms with Gasteiger partial charge in [-0.3, -0.25) is 4.99 Å². The molecule has 0 aromatic heterocycles. The molecule has 2 nitrogen and oxygen atoms in total. The summed E-state index contributed by atoms with van der Waals surface area (Å²) >= 11 is 1.60. The summed E-state index contributed by atoms with van der Waals surface area (Å²) in [6.45, 7) is 0. The average Bonchev–Trinajstić information content (AvgIpc) is 2.17. The molecule has 5 heteroatoms. The Hall–Kier alpha value is -0.220. The lowest BCUT2D eigenvalue weighted by Gasteiger charge is -1.93. The number of aliphatic imine (C=N–C) groups is 1. The Labute approximate surface area is 93.9 Å². The topological polar surface area (TPSA) is 38.4 Å². The molecule has 1 aliphatic heterocycles. The van der Waals surface area contributed by atoms with Crippen molar-refractivity contribution in [3.8, 4) is 0 Å². The summed E-state index contributed by atoms with van der Waals surface area (Å²) in [5.41, 5.74) is 6.52. The van der Waals surface area contributed by atoms with Gasteiger partial charge in [0.15, 0.2) is 0 Å². The summed E-state index contributed by atoms with van der Waals surface area (Å²) in [6, 6.07) is 0. The first-order chi connectivity index (χ1) is 5.36. The third kappa shape index (κ3) is 2.88. The smallest absolute Gasteiger partial charge is 0.149 e. The SMILES string of the molecule is Cl.Cl.NC1N=C2C=CC=CC=C2S1. The molecule has 0 radical (unpaired) electrons. The molecule has 0 saturated heterocycles. The zero-order valence-electron chi connectivity index (χ0n) is 6.71. The number of halogens is 2. The predicted octanol–water partition coefficient (Wildman–Crippen LogP) is 2.27. The number of nitrogens with zero attached hydrogens (tertiary/aromatic N) is 1. The first-order valence-electron chi connectivity index (χ1n) is 3.42. The molecule has 0 amide bonds. The molecule has 2 aliphatic rings. The van der Waals surface area contributed by atoms with Crippen molar-refractivity contribution in [2.45, 2.75) is 5.50 Å². The van der Waals surface area contributed by atoms with Crippen LogP contribution in [0.15, 0.2) is 40.3 Å². The minimum absolute atomic E-state index is 0. The van der Waals surface area contributed by atoms with Gasteiger partial charge in [0.05, 0.1) is 5.71 Å². The molecule has 1 heterocycles. The van der Waals surface area contributed by atoms with E-state index in [1.165, 1.54) is 4.91 Å². The van der Waals surface area contributed by atoms with Crippen molar-refractivity contribution in [2.75, 3.05) is 0 Å². The highest BCUT2D eigenvalue weighted by Gasteiger charge is 2.17. The van der Waals surface area contributed by atoms with Crippen molar-refractivity contribution in [1.29, 1.82) is 0 Å². The monoisotopic (exact) mass is 236 g/mol. The van der Waals surface area contributed by atoms with Gasteiger partial charge in [-0.2, -0.15) is 0 Å². The standard InChI is InChI=1S/C8H8N2S.2ClH/c9-8-10-6-4-2-1-3-5-7(6)11-8;;/h1-5,8H,9H2;2*1H. The fourth-order valence-electron chi connectivity index (χ4n) is 1.02. The lowest BCUT2D eigenvalue weighted by Crippen LogP contribution is -2.07. The molecular weight excluding hydrogens is 227 g/mol. The van der Waals surface area contributed by atoms with Crippen molar-refractivity contribution in [3.05, 3.63) is 35.3 Å². The molecule has 0 spiro atoms. The number of thioether (sulfide) groups is 1. The van der Waals surface area contributed by atoms with Crippen molar-refractivity contribution in [1.82, 2.24) is 0 Å². The second-order valence-corrected chi connectivity index (χ2v) is 3.46. The van der Waals surface area contributed by atoms with Crippen LogP contribution in [0.2, 0.25) is 0 Å². The van der Waals surface area contributed by atoms with E-state index in [2.05, 4.69) is 4.99 Å². The zero-order valence-corrected chi connectivity index (χ0v) is 9.16. The first-order valence-corrected chi connectivity index (χ1v) is 4.30. The van der Waals surface area contributed by atoms with Crippen molar-refractivity contribution >= 4 is 42.3 Å². The summed E-state index contributed by atoms with van der Waals surface area (Å²) < 4.78 is 0. The van der Waals surface area contributed by atoms with Crippen molar-refractivity contribution < 1.29 is 0 Å². The van der Waals surface area contributed by atoms with Gasteiger partial charge < -0.3 is 5.73 Å². The molecule has 0 saturated carbocycles. The van der Waals surface area contributed by atoms with Crippen molar-refractivity contribution in [3.63, 3.8) is 0 Å². The van der Waals surface area contributed by atoms with E-state index in [9.17, 15) is 0 Å². The Kier molecular flexibility index (Phi) is 5.40. The van der Waals surface area contributed by atoms with Crippen LogP contribution >= 0.6 is 36.6 Å². The van der Waals surface area contributed by atoms with Crippen LogP contribution in [0.1, 0.15) is 0 Å². The third-order valence-electron chi connectivity index (χ3n) is 1.49. The van der Waals surface area contributed by atoms with Gasteiger partial charge in [0, 0.05) is 4.91 Å². The summed E-state index contributed by atoms with van der Waals surface area (Å²) in [7, 11) is 0. The van der Waals surface area contributed by atoms with E-state index in [1.54, 1.807) is 11.8 Å². The fourth-order valence-corrected chi connectivity index (χ4v) is 1.85. The summed E-state index contributed by atoms with van der Waals surface area (Å²) in [5, 5.41) is 0. The van der Waals surface area contributed by atoms with Crippen LogP contribution in [0, 0.1) is 0 Å². The van der Waals surface area contributed by atoms with E-state index in [0.29, 0.717) is 0 Å². The Morgan fingerprint density at radius 1 is 1.23 bits per heavy atom. The third-order valence-corrected chi connectivity index (χ3v) is 2.44. The number of hydrogen-bond acceptors (Lipinski definition) is 3. The van der Waals surface area contributed by atoms with Gasteiger partial charge in [-0.15, -0.1) is 24.8 Å². The molecule has 2 rings (SSSR count). The maximum absolute atomic E-state index is 5.62. The van der Waals surface area contributed by atoms with Gasteiger partial charge in [-0.05, 0) is 12.2 Å².